The van der Waals surface area contributed by atoms with Gasteiger partial charge in [-0.3, -0.25) is 9.69 Å². The summed E-state index contributed by atoms with van der Waals surface area (Å²) >= 11 is 1.34. The summed E-state index contributed by atoms with van der Waals surface area (Å²) < 4.78 is 0. The average Bonchev–Trinajstić information content (AvgIpc) is 2.88. The fourth-order valence-corrected chi connectivity index (χ4v) is 2.40. The predicted molar refractivity (Wildman–Crippen MR) is 64.9 cm³/mol. The van der Waals surface area contributed by atoms with Crippen molar-refractivity contribution < 1.29 is 19.5 Å². The number of nitrogens with one attached hydrogen (secondary N) is 1. The van der Waals surface area contributed by atoms with Gasteiger partial charge in [-0.1, -0.05) is 0 Å². The quantitative estimate of drug-likeness (QED) is 0.626. The number of hydrogen-bond acceptors (Lipinski definition) is 4. The first kappa shape index (κ1) is 12.3. The van der Waals surface area contributed by atoms with Gasteiger partial charge in [0.05, 0.1) is 13.1 Å². The molecule has 1 fully saturated rings. The Morgan fingerprint density at radius 3 is 2.89 bits per heavy atom. The van der Waals surface area contributed by atoms with Crippen molar-refractivity contribution in [3.05, 3.63) is 28.0 Å². The molecule has 1 aliphatic rings. The lowest BCUT2D eigenvalue weighted by Gasteiger charge is -2.09. The van der Waals surface area contributed by atoms with Gasteiger partial charge < -0.3 is 10.4 Å². The number of hydrogen-bond donors (Lipinski definition) is 2. The van der Waals surface area contributed by atoms with Gasteiger partial charge in [-0.15, -0.1) is 11.3 Å². The molecule has 94 valence electrons. The molecule has 0 unspecified atom stereocenters. The van der Waals surface area contributed by atoms with Crippen LogP contribution >= 0.6 is 11.3 Å². The average molecular weight is 266 g/mol. The van der Waals surface area contributed by atoms with E-state index in [-0.39, 0.29) is 19.0 Å². The molecular weight excluding hydrogens is 256 g/mol. The van der Waals surface area contributed by atoms with E-state index < -0.39 is 12.0 Å². The molecule has 1 saturated heterocycles. The van der Waals surface area contributed by atoms with Crippen molar-refractivity contribution in [1.29, 1.82) is 0 Å². The van der Waals surface area contributed by atoms with Crippen LogP contribution < -0.4 is 5.32 Å². The summed E-state index contributed by atoms with van der Waals surface area (Å²) in [5, 5.41) is 10.9. The normalized spacial score (nSPS) is 15.4. The number of carboxylic acid groups (broad SMARTS) is 1. The Morgan fingerprint density at radius 2 is 2.28 bits per heavy atom. The van der Waals surface area contributed by atoms with Gasteiger partial charge in [0.2, 0.25) is 5.91 Å². The van der Waals surface area contributed by atoms with Crippen molar-refractivity contribution >= 4 is 35.3 Å². The number of carbonyl (C=O) groups is 3. The lowest BCUT2D eigenvalue weighted by molar-refractivity contribution is -0.131. The van der Waals surface area contributed by atoms with Crippen LogP contribution in [-0.2, 0) is 16.1 Å². The Morgan fingerprint density at radius 1 is 1.50 bits per heavy atom. The van der Waals surface area contributed by atoms with E-state index >= 15 is 0 Å². The molecular formula is C11H10N2O4S. The van der Waals surface area contributed by atoms with Gasteiger partial charge in [-0.25, -0.2) is 9.59 Å². The minimum absolute atomic E-state index is 0.0377. The monoisotopic (exact) mass is 266 g/mol. The van der Waals surface area contributed by atoms with E-state index in [2.05, 4.69) is 5.32 Å². The molecule has 0 bridgehead atoms. The summed E-state index contributed by atoms with van der Waals surface area (Å²) in [4.78, 5) is 35.8. The Labute approximate surface area is 107 Å². The van der Waals surface area contributed by atoms with Crippen molar-refractivity contribution in [2.24, 2.45) is 0 Å². The number of thiophene rings is 1. The SMILES string of the molecule is O=C(O)C=Cc1ccc(CN2C(=O)CNC2=O)s1. The summed E-state index contributed by atoms with van der Waals surface area (Å²) in [5.41, 5.74) is 0. The second-order valence-electron chi connectivity index (χ2n) is 3.61. The predicted octanol–water partition coefficient (Wildman–Crippen LogP) is 0.898. The molecule has 7 heteroatoms. The lowest BCUT2D eigenvalue weighted by Crippen LogP contribution is -2.29. The maximum absolute atomic E-state index is 11.4. The molecule has 0 radical (unpaired) electrons. The van der Waals surface area contributed by atoms with Gasteiger partial charge >= 0.3 is 12.0 Å². The fourth-order valence-electron chi connectivity index (χ4n) is 1.49. The standard InChI is InChI=1S/C11H10N2O4S/c14-9-5-12-11(17)13(9)6-8-2-1-7(18-8)3-4-10(15)16/h1-4H,5-6H2,(H,12,17)(H,15,16). The van der Waals surface area contributed by atoms with Crippen molar-refractivity contribution in [2.45, 2.75) is 6.54 Å². The van der Waals surface area contributed by atoms with Crippen LogP contribution in [0, 0.1) is 0 Å². The second-order valence-corrected chi connectivity index (χ2v) is 4.81. The minimum Gasteiger partial charge on any atom is -0.478 e. The van der Waals surface area contributed by atoms with Crippen LogP contribution in [0.15, 0.2) is 18.2 Å². The molecule has 2 rings (SSSR count). The Bertz CT molecular complexity index is 519. The molecule has 0 saturated carbocycles. The second kappa shape index (κ2) is 5.01. The summed E-state index contributed by atoms with van der Waals surface area (Å²) in [6, 6.07) is 3.12. The number of nitrogens with zero attached hydrogens (tertiary/aromatic N) is 1. The molecule has 6 nitrogen and oxygen atoms in total. The maximum atomic E-state index is 11.4. The lowest BCUT2D eigenvalue weighted by atomic mass is 10.4. The molecule has 2 N–H and O–H groups in total. The van der Waals surface area contributed by atoms with Crippen LogP contribution in [0.3, 0.4) is 0 Å². The molecule has 0 aromatic carbocycles. The van der Waals surface area contributed by atoms with Crippen LogP contribution in [0.2, 0.25) is 0 Å². The molecule has 1 aromatic heterocycles. The topological polar surface area (TPSA) is 86.7 Å². The first-order valence-corrected chi connectivity index (χ1v) is 5.96. The van der Waals surface area contributed by atoms with Gasteiger partial charge in [0, 0.05) is 15.8 Å². The van der Waals surface area contributed by atoms with Crippen molar-refractivity contribution in [2.75, 3.05) is 6.54 Å². The zero-order valence-electron chi connectivity index (χ0n) is 9.25. The highest BCUT2D eigenvalue weighted by atomic mass is 32.1. The molecule has 0 spiro atoms. The number of imide groups is 1. The van der Waals surface area contributed by atoms with E-state index in [1.807, 2.05) is 0 Å². The maximum Gasteiger partial charge on any atom is 0.328 e. The molecule has 0 atom stereocenters. The van der Waals surface area contributed by atoms with Crippen LogP contribution in [0.25, 0.3) is 6.08 Å². The van der Waals surface area contributed by atoms with Crippen molar-refractivity contribution in [3.8, 4) is 0 Å². The first-order valence-electron chi connectivity index (χ1n) is 5.14. The number of urea groups is 1. The van der Waals surface area contributed by atoms with Crippen LogP contribution in [0.5, 0.6) is 0 Å². The Hall–Kier alpha value is -2.15. The van der Waals surface area contributed by atoms with Crippen LogP contribution in [0.4, 0.5) is 4.79 Å². The number of carboxylic acids is 1. The molecule has 18 heavy (non-hydrogen) atoms. The first-order chi connectivity index (χ1) is 8.56. The Kier molecular flexibility index (Phi) is 3.42. The number of aliphatic carboxylic acids is 1. The highest BCUT2D eigenvalue weighted by Crippen LogP contribution is 2.20. The third kappa shape index (κ3) is 2.75. The zero-order chi connectivity index (χ0) is 13.1. The Balaban J connectivity index is 2.04. The third-order valence-corrected chi connectivity index (χ3v) is 3.36. The van der Waals surface area contributed by atoms with E-state index in [0.29, 0.717) is 0 Å². The zero-order valence-corrected chi connectivity index (χ0v) is 10.1. The van der Waals surface area contributed by atoms with E-state index in [1.165, 1.54) is 17.4 Å². The molecule has 0 aliphatic carbocycles. The third-order valence-electron chi connectivity index (χ3n) is 2.32. The van der Waals surface area contributed by atoms with Gasteiger partial charge in [0.25, 0.3) is 0 Å². The summed E-state index contributed by atoms with van der Waals surface area (Å²) in [5.74, 6) is -1.27. The van der Waals surface area contributed by atoms with Crippen LogP contribution in [-0.4, -0.2) is 34.5 Å². The highest BCUT2D eigenvalue weighted by Gasteiger charge is 2.28. The van der Waals surface area contributed by atoms with E-state index in [9.17, 15) is 14.4 Å². The van der Waals surface area contributed by atoms with E-state index in [0.717, 1.165) is 20.7 Å². The number of carbonyl (C=O) groups excluding carboxylic acids is 2. The summed E-state index contributed by atoms with van der Waals surface area (Å²) in [6.45, 7) is 0.256. The molecule has 3 amide bonds. The van der Waals surface area contributed by atoms with Crippen molar-refractivity contribution in [3.63, 3.8) is 0 Å². The fraction of sp³-hybridized carbons (Fsp3) is 0.182. The number of amides is 3. The van der Waals surface area contributed by atoms with Gasteiger partial charge in [0.15, 0.2) is 0 Å². The van der Waals surface area contributed by atoms with E-state index in [4.69, 9.17) is 5.11 Å². The molecule has 1 aliphatic heterocycles. The van der Waals surface area contributed by atoms with Gasteiger partial charge in [-0.05, 0) is 18.2 Å². The summed E-state index contributed by atoms with van der Waals surface area (Å²) in [7, 11) is 0. The van der Waals surface area contributed by atoms with Crippen molar-refractivity contribution in [1.82, 2.24) is 10.2 Å². The number of rotatable bonds is 4. The smallest absolute Gasteiger partial charge is 0.328 e. The van der Waals surface area contributed by atoms with Crippen LogP contribution in [0.1, 0.15) is 9.75 Å². The van der Waals surface area contributed by atoms with E-state index in [1.54, 1.807) is 12.1 Å². The van der Waals surface area contributed by atoms with Gasteiger partial charge in [0.1, 0.15) is 0 Å². The highest BCUT2D eigenvalue weighted by molar-refractivity contribution is 7.12. The summed E-state index contributed by atoms with van der Waals surface area (Å²) in [6.07, 6.45) is 2.52. The largest absolute Gasteiger partial charge is 0.478 e. The minimum atomic E-state index is -1.01. The molecule has 2 heterocycles. The molecule has 1 aromatic rings. The van der Waals surface area contributed by atoms with Gasteiger partial charge in [-0.2, -0.15) is 0 Å².